The Morgan fingerprint density at radius 1 is 1.19 bits per heavy atom. The molecular formula is C19H28O2. The molecule has 3 saturated carbocycles. The van der Waals surface area contributed by atoms with Gasteiger partial charge in [-0.05, 0) is 60.7 Å². The number of aliphatic hydroxyl groups excluding tert-OH is 1. The minimum atomic E-state index is -0.313. The van der Waals surface area contributed by atoms with Gasteiger partial charge in [-0.1, -0.05) is 31.9 Å². The maximum atomic E-state index is 12.1. The Hall–Kier alpha value is -0.630. The highest BCUT2D eigenvalue weighted by atomic mass is 16.3. The fourth-order valence-electron chi connectivity index (χ4n) is 6.47. The number of rotatable bonds is 0. The number of ketones is 1. The van der Waals surface area contributed by atoms with Crippen LogP contribution in [0.2, 0.25) is 0 Å². The van der Waals surface area contributed by atoms with Gasteiger partial charge in [0.1, 0.15) is 5.78 Å². The molecule has 0 spiro atoms. The highest BCUT2D eigenvalue weighted by molar-refractivity contribution is 5.82. The maximum absolute atomic E-state index is 12.1. The molecule has 2 heteroatoms. The molecule has 116 valence electrons. The third-order valence-corrected chi connectivity index (χ3v) is 7.61. The Bertz CT molecular complexity index is 508. The summed E-state index contributed by atoms with van der Waals surface area (Å²) < 4.78 is 0. The van der Waals surface area contributed by atoms with Gasteiger partial charge in [-0.25, -0.2) is 0 Å². The second-order valence-corrected chi connectivity index (χ2v) is 8.71. The molecule has 21 heavy (non-hydrogen) atoms. The summed E-state index contributed by atoms with van der Waals surface area (Å²) in [6.07, 6.45) is 10.8. The predicted molar refractivity (Wildman–Crippen MR) is 82.7 cm³/mol. The molecule has 4 aliphatic rings. The van der Waals surface area contributed by atoms with Crippen molar-refractivity contribution in [2.45, 2.75) is 71.3 Å². The third kappa shape index (κ3) is 1.84. The van der Waals surface area contributed by atoms with Crippen LogP contribution in [0.1, 0.15) is 65.2 Å². The molecule has 0 amide bonds. The van der Waals surface area contributed by atoms with Gasteiger partial charge in [-0.15, -0.1) is 0 Å². The van der Waals surface area contributed by atoms with Crippen LogP contribution in [-0.2, 0) is 4.79 Å². The zero-order chi connectivity index (χ0) is 14.8. The maximum Gasteiger partial charge on any atom is 0.133 e. The van der Waals surface area contributed by atoms with E-state index >= 15 is 0 Å². The van der Waals surface area contributed by atoms with Gasteiger partial charge in [-0.2, -0.15) is 0 Å². The lowest BCUT2D eigenvalue weighted by Crippen LogP contribution is -2.52. The number of hydrogen-bond donors (Lipinski definition) is 1. The topological polar surface area (TPSA) is 37.3 Å². The van der Waals surface area contributed by atoms with Gasteiger partial charge in [0.2, 0.25) is 0 Å². The Morgan fingerprint density at radius 2 is 2.00 bits per heavy atom. The molecule has 4 rings (SSSR count). The largest absolute Gasteiger partial charge is 0.389 e. The van der Waals surface area contributed by atoms with Crippen molar-refractivity contribution in [3.8, 4) is 0 Å². The Morgan fingerprint density at radius 3 is 2.81 bits per heavy atom. The van der Waals surface area contributed by atoms with Crippen LogP contribution >= 0.6 is 0 Å². The predicted octanol–water partition coefficient (Wildman–Crippen LogP) is 3.88. The first-order valence-corrected chi connectivity index (χ1v) is 8.85. The zero-order valence-corrected chi connectivity index (χ0v) is 13.4. The molecule has 1 N–H and O–H groups in total. The van der Waals surface area contributed by atoms with Crippen LogP contribution in [0.5, 0.6) is 0 Å². The normalized spacial score (nSPS) is 52.7. The van der Waals surface area contributed by atoms with Crippen LogP contribution in [0.4, 0.5) is 0 Å². The van der Waals surface area contributed by atoms with Crippen molar-refractivity contribution >= 4 is 5.78 Å². The van der Waals surface area contributed by atoms with Crippen molar-refractivity contribution in [2.75, 3.05) is 0 Å². The van der Waals surface area contributed by atoms with Crippen LogP contribution in [0, 0.1) is 28.6 Å². The van der Waals surface area contributed by atoms with Gasteiger partial charge in [0.15, 0.2) is 0 Å². The quantitative estimate of drug-likeness (QED) is 0.687. The summed E-state index contributed by atoms with van der Waals surface area (Å²) in [7, 11) is 0. The average Bonchev–Trinajstić information content (AvgIpc) is 2.73. The summed E-state index contributed by atoms with van der Waals surface area (Å²) in [6.45, 7) is 4.74. The highest BCUT2D eigenvalue weighted by Gasteiger charge is 2.59. The van der Waals surface area contributed by atoms with Crippen LogP contribution in [0.15, 0.2) is 11.6 Å². The molecule has 6 atom stereocenters. The number of fused-ring (bicyclic) bond motifs is 5. The van der Waals surface area contributed by atoms with E-state index in [0.29, 0.717) is 35.4 Å². The van der Waals surface area contributed by atoms with Crippen LogP contribution < -0.4 is 0 Å². The van der Waals surface area contributed by atoms with Crippen LogP contribution in [0.25, 0.3) is 0 Å². The zero-order valence-electron chi connectivity index (χ0n) is 13.4. The molecule has 0 aromatic rings. The molecular weight excluding hydrogens is 260 g/mol. The summed E-state index contributed by atoms with van der Waals surface area (Å²) >= 11 is 0. The Labute approximate surface area is 128 Å². The van der Waals surface area contributed by atoms with E-state index in [1.54, 1.807) is 0 Å². The SMILES string of the molecule is C[C@]12CC[C@H]3[C@@H]([C@H](O)C=C4CCCC[C@@]43C)[C@@H]1CC(=O)C2. The Balaban J connectivity index is 1.76. The van der Waals surface area contributed by atoms with E-state index in [0.717, 1.165) is 6.42 Å². The van der Waals surface area contributed by atoms with Gasteiger partial charge < -0.3 is 5.11 Å². The molecule has 0 bridgehead atoms. The molecule has 0 saturated heterocycles. The molecule has 4 aliphatic carbocycles. The number of aliphatic hydroxyl groups is 1. The van der Waals surface area contributed by atoms with Gasteiger partial charge in [0.05, 0.1) is 6.10 Å². The minimum Gasteiger partial charge on any atom is -0.389 e. The minimum absolute atomic E-state index is 0.162. The molecule has 2 nitrogen and oxygen atoms in total. The second kappa shape index (κ2) is 4.44. The van der Waals surface area contributed by atoms with E-state index in [4.69, 9.17) is 0 Å². The molecule has 3 fully saturated rings. The van der Waals surface area contributed by atoms with E-state index in [9.17, 15) is 9.90 Å². The van der Waals surface area contributed by atoms with E-state index in [1.807, 2.05) is 0 Å². The lowest BCUT2D eigenvalue weighted by molar-refractivity contribution is -0.118. The van der Waals surface area contributed by atoms with Crippen molar-refractivity contribution in [2.24, 2.45) is 28.6 Å². The summed E-state index contributed by atoms with van der Waals surface area (Å²) in [6, 6.07) is 0. The summed E-state index contributed by atoms with van der Waals surface area (Å²) in [5.41, 5.74) is 1.99. The van der Waals surface area contributed by atoms with Gasteiger partial charge in [0, 0.05) is 12.8 Å². The summed E-state index contributed by atoms with van der Waals surface area (Å²) in [5, 5.41) is 10.8. The molecule has 0 aromatic heterocycles. The second-order valence-electron chi connectivity index (χ2n) is 8.71. The number of carbonyl (C=O) groups excluding carboxylic acids is 1. The monoisotopic (exact) mass is 288 g/mol. The van der Waals surface area contributed by atoms with E-state index in [2.05, 4.69) is 19.9 Å². The summed E-state index contributed by atoms with van der Waals surface area (Å²) in [5.74, 6) is 1.76. The van der Waals surface area contributed by atoms with E-state index in [-0.39, 0.29) is 11.5 Å². The molecule has 0 heterocycles. The van der Waals surface area contributed by atoms with E-state index in [1.165, 1.54) is 44.1 Å². The standard InChI is InChI=1S/C19H28O2/c1-18-8-6-14-17(15(18)10-13(20)11-18)16(21)9-12-5-3-4-7-19(12,14)2/h9,14-17,21H,3-8,10-11H2,1-2H3/t14-,15-,16+,17+,18+,19-/m0/s1. The lowest BCUT2D eigenvalue weighted by Gasteiger charge is -2.57. The number of carbonyl (C=O) groups is 1. The Kier molecular flexibility index (Phi) is 2.96. The fraction of sp³-hybridized carbons (Fsp3) is 0.842. The van der Waals surface area contributed by atoms with Gasteiger partial charge in [0.25, 0.3) is 0 Å². The van der Waals surface area contributed by atoms with Crippen molar-refractivity contribution in [1.82, 2.24) is 0 Å². The lowest BCUT2D eigenvalue weighted by atomic mass is 9.47. The molecule has 0 radical (unpaired) electrons. The first kappa shape index (κ1) is 14.0. The van der Waals surface area contributed by atoms with Crippen molar-refractivity contribution in [1.29, 1.82) is 0 Å². The van der Waals surface area contributed by atoms with Crippen LogP contribution in [0.3, 0.4) is 0 Å². The van der Waals surface area contributed by atoms with Crippen molar-refractivity contribution < 1.29 is 9.90 Å². The number of Topliss-reactive ketones (excluding diaryl/α,β-unsaturated/α-hetero) is 1. The fourth-order valence-corrected chi connectivity index (χ4v) is 6.47. The molecule has 0 aliphatic heterocycles. The molecule has 0 unspecified atom stereocenters. The number of hydrogen-bond acceptors (Lipinski definition) is 2. The van der Waals surface area contributed by atoms with Crippen molar-refractivity contribution in [3.63, 3.8) is 0 Å². The highest BCUT2D eigenvalue weighted by Crippen LogP contribution is 2.64. The van der Waals surface area contributed by atoms with E-state index < -0.39 is 0 Å². The first-order valence-electron chi connectivity index (χ1n) is 8.85. The number of allylic oxidation sites excluding steroid dienone is 1. The summed E-state index contributed by atoms with van der Waals surface area (Å²) in [4.78, 5) is 12.1. The molecule has 0 aromatic carbocycles. The van der Waals surface area contributed by atoms with Crippen molar-refractivity contribution in [3.05, 3.63) is 11.6 Å². The third-order valence-electron chi connectivity index (χ3n) is 7.61. The van der Waals surface area contributed by atoms with Gasteiger partial charge >= 0.3 is 0 Å². The van der Waals surface area contributed by atoms with Gasteiger partial charge in [-0.3, -0.25) is 4.79 Å². The first-order chi connectivity index (χ1) is 9.94. The average molecular weight is 288 g/mol. The smallest absolute Gasteiger partial charge is 0.133 e. The van der Waals surface area contributed by atoms with Crippen LogP contribution in [-0.4, -0.2) is 17.0 Å².